The molecule has 1 rings (SSSR count). The van der Waals surface area contributed by atoms with Crippen molar-refractivity contribution in [2.45, 2.75) is 51.7 Å². The summed E-state index contributed by atoms with van der Waals surface area (Å²) in [5.41, 5.74) is 0.597. The lowest BCUT2D eigenvalue weighted by Crippen LogP contribution is -2.40. The van der Waals surface area contributed by atoms with Crippen molar-refractivity contribution in [2.75, 3.05) is 6.54 Å². The fourth-order valence-corrected chi connectivity index (χ4v) is 1.93. The summed E-state index contributed by atoms with van der Waals surface area (Å²) >= 11 is 0. The molecule has 0 saturated heterocycles. The van der Waals surface area contributed by atoms with Gasteiger partial charge in [-0.15, -0.1) is 0 Å². The Kier molecular flexibility index (Phi) is 5.15. The number of aromatic nitrogens is 2. The fraction of sp³-hybridized carbons (Fsp3) is 0.769. The minimum Gasteiger partial charge on any atom is -0.389 e. The SMILES string of the molecule is CCC(NCC(O)(CC)CC)c1cnn(C)c1. The third kappa shape index (κ3) is 3.82. The summed E-state index contributed by atoms with van der Waals surface area (Å²) in [4.78, 5) is 0. The van der Waals surface area contributed by atoms with Crippen LogP contribution < -0.4 is 5.32 Å². The van der Waals surface area contributed by atoms with Gasteiger partial charge in [0.15, 0.2) is 0 Å². The van der Waals surface area contributed by atoms with Gasteiger partial charge in [0.1, 0.15) is 0 Å². The molecule has 0 bridgehead atoms. The summed E-state index contributed by atoms with van der Waals surface area (Å²) < 4.78 is 1.81. The Labute approximate surface area is 104 Å². The fourth-order valence-electron chi connectivity index (χ4n) is 1.93. The average Bonchev–Trinajstić information content (AvgIpc) is 2.76. The van der Waals surface area contributed by atoms with Gasteiger partial charge in [-0.25, -0.2) is 0 Å². The molecule has 0 aliphatic carbocycles. The number of hydrogen-bond acceptors (Lipinski definition) is 3. The standard InChI is InChI=1S/C13H25N3O/c1-5-12(11-8-15-16(4)9-11)14-10-13(17,6-2)7-3/h8-9,12,14,17H,5-7,10H2,1-4H3. The quantitative estimate of drug-likeness (QED) is 0.765. The van der Waals surface area contributed by atoms with Gasteiger partial charge in [-0.2, -0.15) is 5.10 Å². The van der Waals surface area contributed by atoms with Gasteiger partial charge in [-0.1, -0.05) is 20.8 Å². The van der Waals surface area contributed by atoms with Gasteiger partial charge in [-0.05, 0) is 19.3 Å². The number of rotatable bonds is 7. The third-order valence-electron chi connectivity index (χ3n) is 3.53. The summed E-state index contributed by atoms with van der Waals surface area (Å²) in [6.07, 6.45) is 6.46. The Hall–Kier alpha value is -0.870. The number of hydrogen-bond donors (Lipinski definition) is 2. The van der Waals surface area contributed by atoms with Crippen molar-refractivity contribution in [3.8, 4) is 0 Å². The summed E-state index contributed by atoms with van der Waals surface area (Å²) in [5, 5.41) is 17.9. The number of aryl methyl sites for hydroxylation is 1. The van der Waals surface area contributed by atoms with Gasteiger partial charge in [-0.3, -0.25) is 4.68 Å². The van der Waals surface area contributed by atoms with Crippen molar-refractivity contribution < 1.29 is 5.11 Å². The molecule has 1 unspecified atom stereocenters. The maximum atomic E-state index is 10.2. The summed E-state index contributed by atoms with van der Waals surface area (Å²) in [7, 11) is 1.92. The molecule has 1 atom stereocenters. The third-order valence-corrected chi connectivity index (χ3v) is 3.53. The molecule has 1 heterocycles. The lowest BCUT2D eigenvalue weighted by atomic mass is 9.96. The number of aliphatic hydroxyl groups is 1. The molecule has 0 fully saturated rings. The first-order valence-corrected chi connectivity index (χ1v) is 6.49. The predicted octanol–water partition coefficient (Wildman–Crippen LogP) is 2.01. The van der Waals surface area contributed by atoms with E-state index in [0.29, 0.717) is 6.54 Å². The smallest absolute Gasteiger partial charge is 0.0766 e. The molecule has 0 saturated carbocycles. The summed E-state index contributed by atoms with van der Waals surface area (Å²) in [6.45, 7) is 6.82. The Bertz CT molecular complexity index is 331. The topological polar surface area (TPSA) is 50.1 Å². The molecular weight excluding hydrogens is 214 g/mol. The van der Waals surface area contributed by atoms with E-state index in [1.807, 2.05) is 38.0 Å². The largest absolute Gasteiger partial charge is 0.389 e. The van der Waals surface area contributed by atoms with Gasteiger partial charge >= 0.3 is 0 Å². The van der Waals surface area contributed by atoms with Gasteiger partial charge in [0.2, 0.25) is 0 Å². The summed E-state index contributed by atoms with van der Waals surface area (Å²) in [6, 6.07) is 0.272. The second-order valence-electron chi connectivity index (χ2n) is 4.72. The highest BCUT2D eigenvalue weighted by Gasteiger charge is 2.23. The van der Waals surface area contributed by atoms with Crippen molar-refractivity contribution in [1.82, 2.24) is 15.1 Å². The Morgan fingerprint density at radius 3 is 2.47 bits per heavy atom. The number of nitrogens with one attached hydrogen (secondary N) is 1. The highest BCUT2D eigenvalue weighted by atomic mass is 16.3. The van der Waals surface area contributed by atoms with E-state index in [0.717, 1.165) is 19.3 Å². The van der Waals surface area contributed by atoms with Crippen LogP contribution in [-0.4, -0.2) is 27.0 Å². The van der Waals surface area contributed by atoms with Crippen LogP contribution in [0, 0.1) is 0 Å². The van der Waals surface area contributed by atoms with Crippen LogP contribution >= 0.6 is 0 Å². The molecule has 0 aliphatic heterocycles. The van der Waals surface area contributed by atoms with E-state index in [1.54, 1.807) is 0 Å². The first-order valence-electron chi connectivity index (χ1n) is 6.49. The van der Waals surface area contributed by atoms with E-state index >= 15 is 0 Å². The molecule has 0 amide bonds. The Morgan fingerprint density at radius 1 is 1.41 bits per heavy atom. The lowest BCUT2D eigenvalue weighted by molar-refractivity contribution is 0.0297. The number of nitrogens with zero attached hydrogens (tertiary/aromatic N) is 2. The van der Waals surface area contributed by atoms with Crippen molar-refractivity contribution in [3.05, 3.63) is 18.0 Å². The normalized spacial score (nSPS) is 13.9. The van der Waals surface area contributed by atoms with Gasteiger partial charge in [0, 0.05) is 31.4 Å². The Balaban J connectivity index is 2.59. The van der Waals surface area contributed by atoms with Crippen molar-refractivity contribution in [3.63, 3.8) is 0 Å². The van der Waals surface area contributed by atoms with Crippen LogP contribution in [0.1, 0.15) is 51.6 Å². The highest BCUT2D eigenvalue weighted by Crippen LogP contribution is 2.19. The highest BCUT2D eigenvalue weighted by molar-refractivity contribution is 5.10. The first kappa shape index (κ1) is 14.2. The molecule has 98 valence electrons. The van der Waals surface area contributed by atoms with E-state index < -0.39 is 5.60 Å². The average molecular weight is 239 g/mol. The zero-order chi connectivity index (χ0) is 12.9. The minimum atomic E-state index is -0.588. The molecule has 1 aromatic heterocycles. The van der Waals surface area contributed by atoms with Crippen LogP contribution in [0.3, 0.4) is 0 Å². The van der Waals surface area contributed by atoms with Crippen LogP contribution in [0.15, 0.2) is 12.4 Å². The van der Waals surface area contributed by atoms with E-state index in [4.69, 9.17) is 0 Å². The molecule has 0 radical (unpaired) electrons. The zero-order valence-corrected chi connectivity index (χ0v) is 11.4. The maximum absolute atomic E-state index is 10.2. The van der Waals surface area contributed by atoms with Crippen molar-refractivity contribution in [2.24, 2.45) is 7.05 Å². The molecule has 1 aromatic rings. The van der Waals surface area contributed by atoms with Crippen molar-refractivity contribution in [1.29, 1.82) is 0 Å². The maximum Gasteiger partial charge on any atom is 0.0766 e. The molecule has 4 heteroatoms. The minimum absolute atomic E-state index is 0.272. The second-order valence-corrected chi connectivity index (χ2v) is 4.72. The molecular formula is C13H25N3O. The van der Waals surface area contributed by atoms with Crippen LogP contribution in [0.2, 0.25) is 0 Å². The van der Waals surface area contributed by atoms with Gasteiger partial charge in [0.05, 0.1) is 11.8 Å². The second kappa shape index (κ2) is 6.17. The molecule has 0 aromatic carbocycles. The summed E-state index contributed by atoms with van der Waals surface area (Å²) in [5.74, 6) is 0. The van der Waals surface area contributed by atoms with Gasteiger partial charge < -0.3 is 10.4 Å². The molecule has 4 nitrogen and oxygen atoms in total. The predicted molar refractivity (Wildman–Crippen MR) is 69.8 cm³/mol. The van der Waals surface area contributed by atoms with Crippen LogP contribution in [0.4, 0.5) is 0 Å². The van der Waals surface area contributed by atoms with E-state index in [9.17, 15) is 5.11 Å². The van der Waals surface area contributed by atoms with Gasteiger partial charge in [0.25, 0.3) is 0 Å². The van der Waals surface area contributed by atoms with E-state index in [2.05, 4.69) is 17.3 Å². The molecule has 0 aliphatic rings. The van der Waals surface area contributed by atoms with E-state index in [-0.39, 0.29) is 6.04 Å². The molecule has 0 spiro atoms. The Morgan fingerprint density at radius 2 is 2.06 bits per heavy atom. The first-order chi connectivity index (χ1) is 8.04. The molecule has 2 N–H and O–H groups in total. The van der Waals surface area contributed by atoms with E-state index in [1.165, 1.54) is 5.56 Å². The van der Waals surface area contributed by atoms with Crippen molar-refractivity contribution >= 4 is 0 Å². The van der Waals surface area contributed by atoms with Crippen LogP contribution in [-0.2, 0) is 7.05 Å². The van der Waals surface area contributed by atoms with Crippen LogP contribution in [0.5, 0.6) is 0 Å². The zero-order valence-electron chi connectivity index (χ0n) is 11.4. The van der Waals surface area contributed by atoms with Crippen LogP contribution in [0.25, 0.3) is 0 Å². The lowest BCUT2D eigenvalue weighted by Gasteiger charge is -2.28. The molecule has 17 heavy (non-hydrogen) atoms. The monoisotopic (exact) mass is 239 g/mol.